The molecule has 1 aromatic heterocycles. The van der Waals surface area contributed by atoms with Crippen molar-refractivity contribution in [1.29, 1.82) is 0 Å². The Morgan fingerprint density at radius 3 is 2.40 bits per heavy atom. The highest BCUT2D eigenvalue weighted by Gasteiger charge is 2.48. The second kappa shape index (κ2) is 8.81. The van der Waals surface area contributed by atoms with Crippen LogP contribution in [0.15, 0.2) is 72.3 Å². The lowest BCUT2D eigenvalue weighted by Gasteiger charge is -2.23. The lowest BCUT2D eigenvalue weighted by atomic mass is 9.95. The third kappa shape index (κ3) is 3.87. The van der Waals surface area contributed by atoms with E-state index >= 15 is 0 Å². The molecule has 1 aliphatic heterocycles. The van der Waals surface area contributed by atoms with Gasteiger partial charge in [-0.2, -0.15) is 0 Å². The largest absolute Gasteiger partial charge is 0.507 e. The van der Waals surface area contributed by atoms with Crippen LogP contribution in [-0.4, -0.2) is 41.0 Å². The van der Waals surface area contributed by atoms with Gasteiger partial charge in [0.1, 0.15) is 17.3 Å². The number of ketones is 1. The Labute approximate surface area is 205 Å². The number of benzene rings is 3. The third-order valence-electron chi connectivity index (χ3n) is 5.88. The summed E-state index contributed by atoms with van der Waals surface area (Å²) in [5.41, 5.74) is 2.06. The first-order valence-electron chi connectivity index (χ1n) is 10.7. The van der Waals surface area contributed by atoms with Gasteiger partial charge in [0.2, 0.25) is 5.95 Å². The van der Waals surface area contributed by atoms with Crippen LogP contribution in [0.4, 0.5) is 5.95 Å². The number of halogens is 1. The molecule has 9 heteroatoms. The van der Waals surface area contributed by atoms with Gasteiger partial charge in [0.05, 0.1) is 36.9 Å². The molecule has 1 fully saturated rings. The average Bonchev–Trinajstić information content (AvgIpc) is 3.41. The molecule has 1 aliphatic rings. The number of H-pyrrole nitrogens is 1. The number of ether oxygens (including phenoxy) is 2. The van der Waals surface area contributed by atoms with Gasteiger partial charge in [0, 0.05) is 16.7 Å². The number of aliphatic hydroxyl groups is 1. The first kappa shape index (κ1) is 22.5. The fourth-order valence-electron chi connectivity index (χ4n) is 4.16. The van der Waals surface area contributed by atoms with Crippen LogP contribution in [0.3, 0.4) is 0 Å². The monoisotopic (exact) mass is 489 g/mol. The highest BCUT2D eigenvalue weighted by Crippen LogP contribution is 2.42. The number of hydrogen-bond acceptors (Lipinski definition) is 6. The van der Waals surface area contributed by atoms with Crippen molar-refractivity contribution >= 4 is 46.0 Å². The first-order chi connectivity index (χ1) is 16.9. The summed E-state index contributed by atoms with van der Waals surface area (Å²) in [7, 11) is 3.10. The molecule has 0 spiro atoms. The number of hydrogen-bond donors (Lipinski definition) is 2. The number of imidazole rings is 1. The molecule has 1 amide bonds. The minimum atomic E-state index is -0.942. The van der Waals surface area contributed by atoms with E-state index < -0.39 is 17.7 Å². The summed E-state index contributed by atoms with van der Waals surface area (Å²) < 4.78 is 10.5. The Balaban J connectivity index is 1.71. The van der Waals surface area contributed by atoms with Crippen LogP contribution in [0, 0.1) is 0 Å². The van der Waals surface area contributed by atoms with Gasteiger partial charge in [-0.15, -0.1) is 0 Å². The zero-order valence-electron chi connectivity index (χ0n) is 18.8. The van der Waals surface area contributed by atoms with Crippen LogP contribution in [0.1, 0.15) is 17.2 Å². The second-order valence-corrected chi connectivity index (χ2v) is 8.33. The lowest BCUT2D eigenvalue weighted by molar-refractivity contribution is -0.132. The quantitative estimate of drug-likeness (QED) is 0.236. The minimum Gasteiger partial charge on any atom is -0.507 e. The molecule has 8 nitrogen and oxygen atoms in total. The molecular formula is C26H20ClN3O5. The van der Waals surface area contributed by atoms with E-state index in [4.69, 9.17) is 21.1 Å². The predicted octanol–water partition coefficient (Wildman–Crippen LogP) is 4.86. The number of nitrogens with one attached hydrogen (secondary N) is 1. The summed E-state index contributed by atoms with van der Waals surface area (Å²) in [6.45, 7) is 0. The second-order valence-electron chi connectivity index (χ2n) is 7.90. The molecule has 0 aliphatic carbocycles. The number of carbonyl (C=O) groups excluding carboxylic acids is 2. The maximum absolute atomic E-state index is 13.3. The van der Waals surface area contributed by atoms with Crippen molar-refractivity contribution in [2.45, 2.75) is 6.04 Å². The molecule has 3 aromatic carbocycles. The van der Waals surface area contributed by atoms with Gasteiger partial charge in [0.25, 0.3) is 5.78 Å². The van der Waals surface area contributed by atoms with E-state index in [9.17, 15) is 14.7 Å². The first-order valence-corrected chi connectivity index (χ1v) is 11.0. The molecule has 1 unspecified atom stereocenters. The summed E-state index contributed by atoms with van der Waals surface area (Å²) in [5, 5.41) is 11.6. The van der Waals surface area contributed by atoms with Crippen molar-refractivity contribution in [2.24, 2.45) is 0 Å². The fourth-order valence-corrected chi connectivity index (χ4v) is 4.35. The van der Waals surface area contributed by atoms with E-state index in [0.29, 0.717) is 38.7 Å². The number of aromatic amines is 1. The SMILES string of the molecule is COc1ccc(C2/C(=C(\O)c3cccc(Cl)c3)C(=O)C(=O)N2c2nc3ccc(OC)cc3[nH]2)cc1. The molecule has 2 N–H and O–H groups in total. The van der Waals surface area contributed by atoms with Crippen LogP contribution in [0.5, 0.6) is 11.5 Å². The van der Waals surface area contributed by atoms with Crippen LogP contribution in [-0.2, 0) is 9.59 Å². The Morgan fingerprint density at radius 1 is 1.00 bits per heavy atom. The number of carbonyl (C=O) groups is 2. The van der Waals surface area contributed by atoms with Gasteiger partial charge in [-0.05, 0) is 42.0 Å². The van der Waals surface area contributed by atoms with Crippen molar-refractivity contribution in [1.82, 2.24) is 9.97 Å². The average molecular weight is 490 g/mol. The van der Waals surface area contributed by atoms with Crippen LogP contribution in [0.25, 0.3) is 16.8 Å². The van der Waals surface area contributed by atoms with Crippen LogP contribution < -0.4 is 14.4 Å². The predicted molar refractivity (Wildman–Crippen MR) is 132 cm³/mol. The van der Waals surface area contributed by atoms with Gasteiger partial charge < -0.3 is 19.6 Å². The number of nitrogens with zero attached hydrogens (tertiary/aromatic N) is 2. The standard InChI is InChI=1S/C26H20ClN3O5/c1-34-17-8-6-14(7-9-17)22-21(23(31)15-4-3-5-16(27)12-15)24(32)25(33)30(22)26-28-19-11-10-18(35-2)13-20(19)29-26/h3-13,22,31H,1-2H3,(H,28,29)/b23-21+. The van der Waals surface area contributed by atoms with Gasteiger partial charge in [-0.3, -0.25) is 14.5 Å². The van der Waals surface area contributed by atoms with Crippen LogP contribution >= 0.6 is 11.6 Å². The van der Waals surface area contributed by atoms with Crippen molar-refractivity contribution < 1.29 is 24.2 Å². The number of aliphatic hydroxyl groups excluding tert-OH is 1. The summed E-state index contributed by atoms with van der Waals surface area (Å²) in [5.74, 6) is -0.589. The summed E-state index contributed by atoms with van der Waals surface area (Å²) in [6, 6.07) is 17.7. The van der Waals surface area contributed by atoms with Gasteiger partial charge in [0.15, 0.2) is 0 Å². The van der Waals surface area contributed by atoms with E-state index in [2.05, 4.69) is 9.97 Å². The molecule has 1 atom stereocenters. The molecule has 5 rings (SSSR count). The van der Waals surface area contributed by atoms with Crippen molar-refractivity contribution in [3.8, 4) is 11.5 Å². The molecule has 35 heavy (non-hydrogen) atoms. The highest BCUT2D eigenvalue weighted by molar-refractivity contribution is 6.51. The summed E-state index contributed by atoms with van der Waals surface area (Å²) in [4.78, 5) is 35.5. The maximum Gasteiger partial charge on any atom is 0.302 e. The Bertz CT molecular complexity index is 1490. The smallest absolute Gasteiger partial charge is 0.302 e. The third-order valence-corrected chi connectivity index (χ3v) is 6.11. The molecule has 0 radical (unpaired) electrons. The van der Waals surface area contributed by atoms with E-state index in [1.54, 1.807) is 74.9 Å². The molecule has 0 saturated carbocycles. The van der Waals surface area contributed by atoms with Gasteiger partial charge in [-0.25, -0.2) is 4.98 Å². The molecule has 4 aromatic rings. The minimum absolute atomic E-state index is 0.0690. The topological polar surface area (TPSA) is 105 Å². The molecule has 2 heterocycles. The highest BCUT2D eigenvalue weighted by atomic mass is 35.5. The Hall–Kier alpha value is -4.30. The number of Topliss-reactive ketones (excluding diaryl/α,β-unsaturated/α-hetero) is 1. The zero-order valence-corrected chi connectivity index (χ0v) is 19.5. The normalized spacial score (nSPS) is 17.2. The number of methoxy groups -OCH3 is 2. The summed E-state index contributed by atoms with van der Waals surface area (Å²) in [6.07, 6.45) is 0. The lowest BCUT2D eigenvalue weighted by Crippen LogP contribution is -2.30. The van der Waals surface area contributed by atoms with E-state index in [0.717, 1.165) is 0 Å². The van der Waals surface area contributed by atoms with Crippen molar-refractivity contribution in [3.63, 3.8) is 0 Å². The molecule has 1 saturated heterocycles. The van der Waals surface area contributed by atoms with Gasteiger partial charge in [-0.1, -0.05) is 35.9 Å². The number of aromatic nitrogens is 2. The number of rotatable bonds is 5. The molecule has 0 bridgehead atoms. The molecular weight excluding hydrogens is 470 g/mol. The number of amides is 1. The number of anilines is 1. The van der Waals surface area contributed by atoms with Crippen LogP contribution in [0.2, 0.25) is 5.02 Å². The van der Waals surface area contributed by atoms with E-state index in [1.807, 2.05) is 0 Å². The Kier molecular flexibility index (Phi) is 5.66. The Morgan fingerprint density at radius 2 is 1.71 bits per heavy atom. The van der Waals surface area contributed by atoms with E-state index in [-0.39, 0.29) is 17.3 Å². The molecule has 176 valence electrons. The van der Waals surface area contributed by atoms with Crippen molar-refractivity contribution in [2.75, 3.05) is 19.1 Å². The van der Waals surface area contributed by atoms with Gasteiger partial charge >= 0.3 is 5.91 Å². The van der Waals surface area contributed by atoms with E-state index in [1.165, 1.54) is 11.0 Å². The summed E-state index contributed by atoms with van der Waals surface area (Å²) >= 11 is 6.11. The number of fused-ring (bicyclic) bond motifs is 1. The van der Waals surface area contributed by atoms with Crippen molar-refractivity contribution in [3.05, 3.63) is 88.5 Å². The maximum atomic E-state index is 13.3. The fraction of sp³-hybridized carbons (Fsp3) is 0.115. The zero-order chi connectivity index (χ0) is 24.7.